The molecule has 2 unspecified atom stereocenters. The van der Waals surface area contributed by atoms with Gasteiger partial charge in [0.15, 0.2) is 6.10 Å². The molecular weight excluding hydrogens is 689 g/mol. The third-order valence-corrected chi connectivity index (χ3v) is 10.3. The van der Waals surface area contributed by atoms with Gasteiger partial charge in [-0.1, -0.05) is 160 Å². The molecule has 0 saturated heterocycles. The first-order valence-corrected chi connectivity index (χ1v) is 23.3. The highest BCUT2D eigenvalue weighted by Gasteiger charge is 2.26. The molecule has 0 rings (SSSR count). The molecule has 3 N–H and O–H groups in total. The van der Waals surface area contributed by atoms with Crippen molar-refractivity contribution in [3.63, 3.8) is 0 Å². The Morgan fingerprint density at radius 2 is 0.943 bits per heavy atom. The second kappa shape index (κ2) is 40.2. The largest absolute Gasteiger partial charge is 0.472 e. The molecule has 0 aromatic carbocycles. The summed E-state index contributed by atoms with van der Waals surface area (Å²) in [6.45, 7) is 3.69. The van der Waals surface area contributed by atoms with Crippen LogP contribution in [0.5, 0.6) is 0 Å². The standard InChI is InChI=1S/C43H82NO8P/c1-3-5-7-9-11-13-15-16-17-18-19-20-21-22-23-24-26-28-30-32-34-36-43(46)52-41(40-51-53(47,48)50-38-37-44)39-49-42(45)35-33-31-29-27-25-14-12-10-8-6-4-2/h10,12,16-17,41H,3-9,11,13-15,18-40,44H2,1-2H3,(H,47,48). The van der Waals surface area contributed by atoms with Crippen LogP contribution in [0.15, 0.2) is 24.3 Å². The molecule has 0 spiro atoms. The van der Waals surface area contributed by atoms with Crippen molar-refractivity contribution < 1.29 is 37.6 Å². The molecule has 0 aliphatic rings. The first-order valence-electron chi connectivity index (χ1n) is 21.8. The highest BCUT2D eigenvalue weighted by Crippen LogP contribution is 2.43. The van der Waals surface area contributed by atoms with Crippen LogP contribution >= 0.6 is 7.82 Å². The number of rotatable bonds is 41. The number of unbranched alkanes of at least 4 members (excludes halogenated alkanes) is 24. The van der Waals surface area contributed by atoms with Gasteiger partial charge in [0.1, 0.15) is 6.61 Å². The highest BCUT2D eigenvalue weighted by molar-refractivity contribution is 7.47. The van der Waals surface area contributed by atoms with Gasteiger partial charge in [-0.25, -0.2) is 4.57 Å². The monoisotopic (exact) mass is 772 g/mol. The molecule has 53 heavy (non-hydrogen) atoms. The molecular formula is C43H82NO8P. The molecule has 10 heteroatoms. The Balaban J connectivity index is 4.07. The quantitative estimate of drug-likeness (QED) is 0.0269. The molecule has 0 heterocycles. The van der Waals surface area contributed by atoms with Gasteiger partial charge >= 0.3 is 19.8 Å². The van der Waals surface area contributed by atoms with E-state index in [1.54, 1.807) is 0 Å². The van der Waals surface area contributed by atoms with E-state index >= 15 is 0 Å². The number of ether oxygens (including phenoxy) is 2. The molecule has 0 saturated carbocycles. The summed E-state index contributed by atoms with van der Waals surface area (Å²) in [5.41, 5.74) is 5.34. The molecule has 0 bridgehead atoms. The highest BCUT2D eigenvalue weighted by atomic mass is 31.2. The van der Waals surface area contributed by atoms with Crippen LogP contribution in [-0.2, 0) is 32.7 Å². The summed E-state index contributed by atoms with van der Waals surface area (Å²) in [4.78, 5) is 34.8. The first-order chi connectivity index (χ1) is 25.8. The average Bonchev–Trinajstić information content (AvgIpc) is 3.14. The minimum Gasteiger partial charge on any atom is -0.462 e. The van der Waals surface area contributed by atoms with Crippen LogP contribution in [-0.4, -0.2) is 49.3 Å². The van der Waals surface area contributed by atoms with Crippen LogP contribution in [0.4, 0.5) is 0 Å². The van der Waals surface area contributed by atoms with Crippen LogP contribution in [0.3, 0.4) is 0 Å². The average molecular weight is 772 g/mol. The van der Waals surface area contributed by atoms with Crippen molar-refractivity contribution in [2.75, 3.05) is 26.4 Å². The van der Waals surface area contributed by atoms with Crippen molar-refractivity contribution in [3.05, 3.63) is 24.3 Å². The first kappa shape index (κ1) is 51.5. The van der Waals surface area contributed by atoms with E-state index in [2.05, 4.69) is 38.2 Å². The normalized spacial score (nSPS) is 13.5. The maximum absolute atomic E-state index is 12.6. The van der Waals surface area contributed by atoms with E-state index in [1.807, 2.05) is 0 Å². The molecule has 0 aliphatic carbocycles. The number of hydrogen-bond acceptors (Lipinski definition) is 8. The van der Waals surface area contributed by atoms with Crippen LogP contribution in [0.1, 0.15) is 206 Å². The smallest absolute Gasteiger partial charge is 0.462 e. The van der Waals surface area contributed by atoms with Crippen molar-refractivity contribution in [3.8, 4) is 0 Å². The predicted octanol–water partition coefficient (Wildman–Crippen LogP) is 12.4. The summed E-state index contributed by atoms with van der Waals surface area (Å²) < 4.78 is 32.7. The lowest BCUT2D eigenvalue weighted by Gasteiger charge is -2.19. The lowest BCUT2D eigenvalue weighted by atomic mass is 10.0. The predicted molar refractivity (Wildman–Crippen MR) is 220 cm³/mol. The Hall–Kier alpha value is -1.51. The molecule has 0 radical (unpaired) electrons. The van der Waals surface area contributed by atoms with Gasteiger partial charge in [0.25, 0.3) is 0 Å². The van der Waals surface area contributed by atoms with Crippen molar-refractivity contribution in [2.24, 2.45) is 5.73 Å². The minimum absolute atomic E-state index is 0.0533. The number of nitrogens with two attached hydrogens (primary N) is 1. The molecule has 2 atom stereocenters. The number of phosphoric acid groups is 1. The minimum atomic E-state index is -4.37. The number of carbonyl (C=O) groups excluding carboxylic acids is 2. The van der Waals surface area contributed by atoms with E-state index in [9.17, 15) is 19.0 Å². The van der Waals surface area contributed by atoms with Crippen molar-refractivity contribution in [2.45, 2.75) is 213 Å². The summed E-state index contributed by atoms with van der Waals surface area (Å²) in [6.07, 6.45) is 42.1. The van der Waals surface area contributed by atoms with E-state index in [1.165, 1.54) is 109 Å². The summed E-state index contributed by atoms with van der Waals surface area (Å²) >= 11 is 0. The summed E-state index contributed by atoms with van der Waals surface area (Å²) in [6, 6.07) is 0. The van der Waals surface area contributed by atoms with Gasteiger partial charge in [-0.15, -0.1) is 0 Å². The molecule has 0 aromatic rings. The second-order valence-corrected chi connectivity index (χ2v) is 16.0. The van der Waals surface area contributed by atoms with E-state index in [0.717, 1.165) is 64.2 Å². The SMILES string of the molecule is CCCCC=CCCCCCCCC(=O)OCC(COP(=O)(O)OCCN)OC(=O)CCCCCCCCCCCCCC=CCCCCCCCC. The molecule has 0 aliphatic heterocycles. The maximum Gasteiger partial charge on any atom is 0.472 e. The molecule has 312 valence electrons. The lowest BCUT2D eigenvalue weighted by Crippen LogP contribution is -2.29. The van der Waals surface area contributed by atoms with E-state index in [0.29, 0.717) is 6.42 Å². The fourth-order valence-electron chi connectivity index (χ4n) is 6.02. The Kier molecular flexibility index (Phi) is 39.0. The Morgan fingerprint density at radius 1 is 0.547 bits per heavy atom. The zero-order valence-electron chi connectivity index (χ0n) is 34.3. The van der Waals surface area contributed by atoms with Crippen molar-refractivity contribution in [1.29, 1.82) is 0 Å². The summed E-state index contributed by atoms with van der Waals surface area (Å²) in [5.74, 6) is -0.836. The van der Waals surface area contributed by atoms with Crippen molar-refractivity contribution in [1.82, 2.24) is 0 Å². The van der Waals surface area contributed by atoms with E-state index in [-0.39, 0.29) is 32.6 Å². The number of allylic oxidation sites excluding steroid dienone is 4. The lowest BCUT2D eigenvalue weighted by molar-refractivity contribution is -0.161. The Labute approximate surface area is 325 Å². The van der Waals surface area contributed by atoms with Gasteiger partial charge in [-0.3, -0.25) is 18.6 Å². The van der Waals surface area contributed by atoms with E-state index < -0.39 is 32.5 Å². The number of phosphoric ester groups is 1. The number of esters is 2. The van der Waals surface area contributed by atoms with Crippen LogP contribution in [0.2, 0.25) is 0 Å². The fraction of sp³-hybridized carbons (Fsp3) is 0.860. The van der Waals surface area contributed by atoms with Gasteiger partial charge in [-0.2, -0.15) is 0 Å². The number of hydrogen-bond donors (Lipinski definition) is 2. The van der Waals surface area contributed by atoms with E-state index in [4.69, 9.17) is 24.3 Å². The van der Waals surface area contributed by atoms with Gasteiger partial charge in [0.05, 0.1) is 13.2 Å². The zero-order chi connectivity index (χ0) is 38.9. The summed E-state index contributed by atoms with van der Waals surface area (Å²) in [7, 11) is -4.37. The Morgan fingerprint density at radius 3 is 1.40 bits per heavy atom. The summed E-state index contributed by atoms with van der Waals surface area (Å²) in [5, 5.41) is 0. The molecule has 0 amide bonds. The molecule has 0 fully saturated rings. The second-order valence-electron chi connectivity index (χ2n) is 14.6. The zero-order valence-corrected chi connectivity index (χ0v) is 35.2. The topological polar surface area (TPSA) is 134 Å². The van der Waals surface area contributed by atoms with Gasteiger partial charge in [0, 0.05) is 19.4 Å². The van der Waals surface area contributed by atoms with Crippen molar-refractivity contribution >= 4 is 19.8 Å². The van der Waals surface area contributed by atoms with Gasteiger partial charge in [-0.05, 0) is 57.8 Å². The Bertz CT molecular complexity index is 928. The van der Waals surface area contributed by atoms with Gasteiger partial charge < -0.3 is 20.1 Å². The number of carbonyl (C=O) groups is 2. The fourth-order valence-corrected chi connectivity index (χ4v) is 6.79. The maximum atomic E-state index is 12.6. The molecule has 0 aromatic heterocycles. The van der Waals surface area contributed by atoms with Crippen LogP contribution < -0.4 is 5.73 Å². The van der Waals surface area contributed by atoms with Crippen LogP contribution in [0, 0.1) is 0 Å². The third kappa shape index (κ3) is 40.0. The van der Waals surface area contributed by atoms with Gasteiger partial charge in [0.2, 0.25) is 0 Å². The third-order valence-electron chi connectivity index (χ3n) is 9.31. The van der Waals surface area contributed by atoms with Crippen LogP contribution in [0.25, 0.3) is 0 Å². The molecule has 9 nitrogen and oxygen atoms in total.